The summed E-state index contributed by atoms with van der Waals surface area (Å²) in [5.41, 5.74) is 0.0784. The number of benzene rings is 1. The van der Waals surface area contributed by atoms with Crippen molar-refractivity contribution in [2.45, 2.75) is 45.2 Å². The summed E-state index contributed by atoms with van der Waals surface area (Å²) in [5.74, 6) is -0.745. The molecule has 1 heterocycles. The number of likely N-dealkylation sites (tertiary alicyclic amines) is 1. The first kappa shape index (κ1) is 13.3. The fraction of sp³-hybridized carbons (Fsp3) is 0.500. The van der Waals surface area contributed by atoms with Crippen LogP contribution in [0.3, 0.4) is 0 Å². The van der Waals surface area contributed by atoms with Crippen molar-refractivity contribution < 1.29 is 9.18 Å². The third-order valence-electron chi connectivity index (χ3n) is 3.65. The van der Waals surface area contributed by atoms with Crippen LogP contribution in [0.1, 0.15) is 43.5 Å². The summed E-state index contributed by atoms with van der Waals surface area (Å²) in [5, 5.41) is 0.389. The van der Waals surface area contributed by atoms with Gasteiger partial charge in [0.25, 0.3) is 5.91 Å². The van der Waals surface area contributed by atoms with Crippen LogP contribution in [0.2, 0.25) is 5.02 Å². The summed E-state index contributed by atoms with van der Waals surface area (Å²) in [4.78, 5) is 14.2. The molecule has 1 aliphatic heterocycles. The molecule has 1 fully saturated rings. The summed E-state index contributed by atoms with van der Waals surface area (Å²) < 4.78 is 13.7. The minimum Gasteiger partial charge on any atom is -0.333 e. The molecule has 1 amide bonds. The van der Waals surface area contributed by atoms with Gasteiger partial charge in [0, 0.05) is 17.1 Å². The molecular formula is C14H17ClFNO. The fourth-order valence-corrected chi connectivity index (χ4v) is 2.81. The highest BCUT2D eigenvalue weighted by atomic mass is 35.5. The van der Waals surface area contributed by atoms with Crippen LogP contribution >= 0.6 is 11.6 Å². The molecule has 0 aromatic heterocycles. The number of nitrogens with zero attached hydrogens (tertiary/aromatic N) is 1. The Morgan fingerprint density at radius 3 is 2.89 bits per heavy atom. The van der Waals surface area contributed by atoms with Gasteiger partial charge in [-0.25, -0.2) is 4.39 Å². The maximum absolute atomic E-state index is 13.7. The van der Waals surface area contributed by atoms with E-state index in [4.69, 9.17) is 11.6 Å². The van der Waals surface area contributed by atoms with Gasteiger partial charge in [0.15, 0.2) is 0 Å². The van der Waals surface area contributed by atoms with Gasteiger partial charge in [-0.2, -0.15) is 0 Å². The molecule has 98 valence electrons. The van der Waals surface area contributed by atoms with Crippen LogP contribution in [-0.2, 0) is 0 Å². The highest BCUT2D eigenvalue weighted by Gasteiger charge is 2.34. The molecule has 1 aromatic rings. The minimum atomic E-state index is -0.502. The first-order valence-electron chi connectivity index (χ1n) is 6.32. The molecule has 18 heavy (non-hydrogen) atoms. The largest absolute Gasteiger partial charge is 0.333 e. The van der Waals surface area contributed by atoms with Gasteiger partial charge in [0.2, 0.25) is 0 Å². The predicted octanol–water partition coefficient (Wildman–Crippen LogP) is 3.88. The van der Waals surface area contributed by atoms with Crippen molar-refractivity contribution in [3.63, 3.8) is 0 Å². The molecule has 2 atom stereocenters. The second-order valence-corrected chi connectivity index (χ2v) is 5.26. The van der Waals surface area contributed by atoms with Crippen molar-refractivity contribution >= 4 is 17.5 Å². The lowest BCUT2D eigenvalue weighted by atomic mass is 10.1. The van der Waals surface area contributed by atoms with Crippen molar-refractivity contribution in [1.82, 2.24) is 4.90 Å². The minimum absolute atomic E-state index is 0.0784. The molecule has 1 saturated heterocycles. The molecule has 0 aliphatic carbocycles. The van der Waals surface area contributed by atoms with Gasteiger partial charge in [0.1, 0.15) is 5.82 Å². The van der Waals surface area contributed by atoms with Gasteiger partial charge >= 0.3 is 0 Å². The van der Waals surface area contributed by atoms with Gasteiger partial charge in [-0.15, -0.1) is 0 Å². The third kappa shape index (κ3) is 2.37. The first-order valence-corrected chi connectivity index (χ1v) is 6.70. The van der Waals surface area contributed by atoms with Crippen LogP contribution in [-0.4, -0.2) is 22.9 Å². The Hall–Kier alpha value is -1.09. The number of carbonyl (C=O) groups excluding carboxylic acids is 1. The monoisotopic (exact) mass is 269 g/mol. The van der Waals surface area contributed by atoms with Crippen LogP contribution in [0.15, 0.2) is 18.2 Å². The number of carbonyl (C=O) groups is 1. The van der Waals surface area contributed by atoms with Gasteiger partial charge in [-0.3, -0.25) is 4.79 Å². The Kier molecular flexibility index (Phi) is 3.91. The summed E-state index contributed by atoms with van der Waals surface area (Å²) in [6.45, 7) is 4.06. The molecule has 4 heteroatoms. The lowest BCUT2D eigenvalue weighted by Crippen LogP contribution is -2.40. The fourth-order valence-electron chi connectivity index (χ4n) is 2.64. The van der Waals surface area contributed by atoms with E-state index >= 15 is 0 Å². The summed E-state index contributed by atoms with van der Waals surface area (Å²) in [6.07, 6.45) is 2.87. The molecule has 0 N–H and O–H groups in total. The number of hydrogen-bond donors (Lipinski definition) is 0. The Labute approximate surface area is 112 Å². The van der Waals surface area contributed by atoms with Crippen LogP contribution in [0, 0.1) is 5.82 Å². The van der Waals surface area contributed by atoms with Gasteiger partial charge < -0.3 is 4.90 Å². The maximum atomic E-state index is 13.7. The lowest BCUT2D eigenvalue weighted by Gasteiger charge is -2.28. The van der Waals surface area contributed by atoms with E-state index in [9.17, 15) is 9.18 Å². The molecule has 1 aliphatic rings. The van der Waals surface area contributed by atoms with Gasteiger partial charge in [-0.1, -0.05) is 18.5 Å². The number of amides is 1. The molecule has 2 unspecified atom stereocenters. The molecule has 0 saturated carbocycles. The Morgan fingerprint density at radius 1 is 1.50 bits per heavy atom. The molecule has 1 aromatic carbocycles. The van der Waals surface area contributed by atoms with Gasteiger partial charge in [-0.05, 0) is 44.4 Å². The molecular weight excluding hydrogens is 253 g/mol. The standard InChI is InChI=1S/C14H17ClFNO/c1-3-11-6-4-9(2)17(11)14(18)12-8-10(15)5-7-13(12)16/h5,7-9,11H,3-4,6H2,1-2H3. The number of rotatable bonds is 2. The third-order valence-corrected chi connectivity index (χ3v) is 3.89. The number of halogens is 2. The SMILES string of the molecule is CCC1CCC(C)N1C(=O)c1cc(Cl)ccc1F. The predicted molar refractivity (Wildman–Crippen MR) is 70.4 cm³/mol. The van der Waals surface area contributed by atoms with Crippen molar-refractivity contribution in [3.05, 3.63) is 34.6 Å². The Balaban J connectivity index is 2.32. The van der Waals surface area contributed by atoms with E-state index < -0.39 is 5.82 Å². The number of hydrogen-bond acceptors (Lipinski definition) is 1. The van der Waals surface area contributed by atoms with E-state index in [0.717, 1.165) is 19.3 Å². The van der Waals surface area contributed by atoms with Crippen molar-refractivity contribution in [2.75, 3.05) is 0 Å². The van der Waals surface area contributed by atoms with Crippen molar-refractivity contribution in [2.24, 2.45) is 0 Å². The first-order chi connectivity index (χ1) is 8.54. The van der Waals surface area contributed by atoms with E-state index in [1.165, 1.54) is 18.2 Å². The molecule has 0 bridgehead atoms. The smallest absolute Gasteiger partial charge is 0.257 e. The topological polar surface area (TPSA) is 20.3 Å². The van der Waals surface area contributed by atoms with E-state index in [-0.39, 0.29) is 23.6 Å². The normalized spacial score (nSPS) is 23.4. The zero-order valence-electron chi connectivity index (χ0n) is 10.6. The van der Waals surface area contributed by atoms with Crippen LogP contribution in [0.4, 0.5) is 4.39 Å². The Morgan fingerprint density at radius 2 is 2.22 bits per heavy atom. The van der Waals surface area contributed by atoms with E-state index in [1.54, 1.807) is 4.90 Å². The highest BCUT2D eigenvalue weighted by molar-refractivity contribution is 6.31. The highest BCUT2D eigenvalue weighted by Crippen LogP contribution is 2.29. The summed E-state index contributed by atoms with van der Waals surface area (Å²) in [6, 6.07) is 4.50. The molecule has 0 radical (unpaired) electrons. The average molecular weight is 270 g/mol. The van der Waals surface area contributed by atoms with Crippen molar-refractivity contribution in [3.8, 4) is 0 Å². The molecule has 0 spiro atoms. The van der Waals surface area contributed by atoms with Crippen LogP contribution in [0.25, 0.3) is 0 Å². The average Bonchev–Trinajstić information content (AvgIpc) is 2.72. The zero-order chi connectivity index (χ0) is 13.3. The lowest BCUT2D eigenvalue weighted by molar-refractivity contribution is 0.0671. The van der Waals surface area contributed by atoms with E-state index in [1.807, 2.05) is 6.92 Å². The summed E-state index contributed by atoms with van der Waals surface area (Å²) >= 11 is 5.84. The quantitative estimate of drug-likeness (QED) is 0.798. The zero-order valence-corrected chi connectivity index (χ0v) is 11.4. The van der Waals surface area contributed by atoms with Crippen molar-refractivity contribution in [1.29, 1.82) is 0 Å². The van der Waals surface area contributed by atoms with E-state index in [0.29, 0.717) is 5.02 Å². The maximum Gasteiger partial charge on any atom is 0.257 e. The summed E-state index contributed by atoms with van der Waals surface area (Å²) in [7, 11) is 0. The van der Waals surface area contributed by atoms with Gasteiger partial charge in [0.05, 0.1) is 5.56 Å². The second kappa shape index (κ2) is 5.27. The molecule has 2 nitrogen and oxygen atoms in total. The molecule has 2 rings (SSSR count). The second-order valence-electron chi connectivity index (χ2n) is 4.83. The van der Waals surface area contributed by atoms with E-state index in [2.05, 4.69) is 6.92 Å². The van der Waals surface area contributed by atoms with Crippen LogP contribution < -0.4 is 0 Å². The Bertz CT molecular complexity index is 463. The van der Waals surface area contributed by atoms with Crippen LogP contribution in [0.5, 0.6) is 0 Å².